The molecule has 0 aliphatic heterocycles. The zero-order valence-corrected chi connectivity index (χ0v) is 24.1. The molecule has 1 amide bonds. The zero-order valence-electron chi connectivity index (χ0n) is 24.1. The van der Waals surface area contributed by atoms with E-state index < -0.39 is 11.5 Å². The van der Waals surface area contributed by atoms with Crippen LogP contribution in [0.15, 0.2) is 60.8 Å². The molecule has 9 heteroatoms. The van der Waals surface area contributed by atoms with E-state index in [4.69, 9.17) is 10.1 Å². The Balaban J connectivity index is 1.23. The minimum absolute atomic E-state index is 0.161. The number of rotatable bonds is 7. The Morgan fingerprint density at radius 1 is 1.07 bits per heavy atom. The molecule has 0 radical (unpaired) electrons. The van der Waals surface area contributed by atoms with Crippen LogP contribution < -0.4 is 5.32 Å². The van der Waals surface area contributed by atoms with Crippen molar-refractivity contribution in [1.29, 1.82) is 0 Å². The highest BCUT2D eigenvalue weighted by atomic mass is 19.1. The zero-order chi connectivity index (χ0) is 29.9. The summed E-state index contributed by atoms with van der Waals surface area (Å²) in [6.45, 7) is 2.05. The average molecular weight is 578 g/mol. The van der Waals surface area contributed by atoms with Crippen molar-refractivity contribution in [3.8, 4) is 11.4 Å². The van der Waals surface area contributed by atoms with E-state index in [0.29, 0.717) is 11.6 Å². The number of aromatic nitrogens is 4. The van der Waals surface area contributed by atoms with Gasteiger partial charge in [0, 0.05) is 35.6 Å². The fourth-order valence-corrected chi connectivity index (χ4v) is 6.71. The van der Waals surface area contributed by atoms with E-state index in [1.165, 1.54) is 25.1 Å². The molecule has 2 aliphatic rings. The lowest BCUT2D eigenvalue weighted by Crippen LogP contribution is -2.36. The van der Waals surface area contributed by atoms with Crippen LogP contribution in [-0.2, 0) is 17.4 Å². The summed E-state index contributed by atoms with van der Waals surface area (Å²) in [5.41, 5.74) is 6.24. The van der Waals surface area contributed by atoms with Crippen LogP contribution in [0.1, 0.15) is 71.9 Å². The van der Waals surface area contributed by atoms with Gasteiger partial charge in [-0.2, -0.15) is 0 Å². The maximum absolute atomic E-state index is 13.7. The van der Waals surface area contributed by atoms with Gasteiger partial charge in [0.2, 0.25) is 0 Å². The molecular formula is C34H32FN5O3. The van der Waals surface area contributed by atoms with E-state index in [1.54, 1.807) is 12.1 Å². The van der Waals surface area contributed by atoms with Crippen LogP contribution in [0.5, 0.6) is 0 Å². The summed E-state index contributed by atoms with van der Waals surface area (Å²) in [6, 6.07) is 15.0. The van der Waals surface area contributed by atoms with Gasteiger partial charge in [0.05, 0.1) is 34.2 Å². The minimum atomic E-state index is -1.00. The van der Waals surface area contributed by atoms with Crippen molar-refractivity contribution in [2.75, 3.05) is 0 Å². The van der Waals surface area contributed by atoms with Crippen LogP contribution in [0.4, 0.5) is 4.39 Å². The minimum Gasteiger partial charge on any atom is -0.478 e. The Labute approximate surface area is 247 Å². The Kier molecular flexibility index (Phi) is 6.41. The summed E-state index contributed by atoms with van der Waals surface area (Å²) in [7, 11) is 1.92. The van der Waals surface area contributed by atoms with E-state index in [2.05, 4.69) is 21.8 Å². The average Bonchev–Trinajstić information content (AvgIpc) is 3.30. The third-order valence-corrected chi connectivity index (χ3v) is 9.03. The molecule has 5 aromatic rings. The normalized spacial score (nSPS) is 16.4. The highest BCUT2D eigenvalue weighted by molar-refractivity contribution is 6.01. The van der Waals surface area contributed by atoms with Gasteiger partial charge >= 0.3 is 5.97 Å². The number of carbonyl (C=O) groups excluding carboxylic acids is 1. The highest BCUT2D eigenvalue weighted by Crippen LogP contribution is 2.46. The summed E-state index contributed by atoms with van der Waals surface area (Å²) >= 11 is 0. The van der Waals surface area contributed by atoms with E-state index in [1.807, 2.05) is 48.0 Å². The standard InChI is InChI=1S/C34H32FN5O3/c1-20-25-18-22(9-13-28(25)40(24-5-3-4-6-24)31(20)27-12-10-23(35)19-36-27)32(43)38-34(15-16-34)33-37-26-11-7-21(8-14-30(41)42)17-29(26)39(33)2/h7-14,17-19,24H,3-6,15-16H2,1-2H3,(H,38,43)(H,41,42). The number of halogens is 1. The van der Waals surface area contributed by atoms with Crippen molar-refractivity contribution in [2.24, 2.45) is 7.05 Å². The molecule has 0 unspecified atom stereocenters. The third-order valence-electron chi connectivity index (χ3n) is 9.03. The van der Waals surface area contributed by atoms with Gasteiger partial charge in [-0.3, -0.25) is 9.78 Å². The van der Waals surface area contributed by atoms with E-state index in [0.717, 1.165) is 82.0 Å². The number of carboxylic acids is 1. The molecule has 0 spiro atoms. The van der Waals surface area contributed by atoms with Crippen LogP contribution in [0.25, 0.3) is 39.4 Å². The maximum Gasteiger partial charge on any atom is 0.328 e. The first-order valence-corrected chi connectivity index (χ1v) is 14.7. The number of nitrogens with one attached hydrogen (secondary N) is 1. The summed E-state index contributed by atoms with van der Waals surface area (Å²) < 4.78 is 18.1. The number of hydrogen-bond acceptors (Lipinski definition) is 4. The van der Waals surface area contributed by atoms with Crippen molar-refractivity contribution in [3.05, 3.63) is 89.1 Å². The quantitative estimate of drug-likeness (QED) is 0.210. The lowest BCUT2D eigenvalue weighted by Gasteiger charge is -2.19. The second-order valence-electron chi connectivity index (χ2n) is 11.8. The summed E-state index contributed by atoms with van der Waals surface area (Å²) in [5.74, 6) is -0.748. The number of carboxylic acid groups (broad SMARTS) is 1. The van der Waals surface area contributed by atoms with Gasteiger partial charge in [0.1, 0.15) is 11.6 Å². The fraction of sp³-hybridized carbons (Fsp3) is 0.294. The van der Waals surface area contributed by atoms with Crippen molar-refractivity contribution < 1.29 is 19.1 Å². The lowest BCUT2D eigenvalue weighted by atomic mass is 10.1. The van der Waals surface area contributed by atoms with Gasteiger partial charge in [0.25, 0.3) is 5.91 Å². The number of imidazole rings is 1. The van der Waals surface area contributed by atoms with Crippen LogP contribution in [-0.4, -0.2) is 36.1 Å². The highest BCUT2D eigenvalue weighted by Gasteiger charge is 2.49. The second kappa shape index (κ2) is 10.2. The Morgan fingerprint density at radius 2 is 1.86 bits per heavy atom. The molecule has 7 rings (SSSR count). The van der Waals surface area contributed by atoms with Gasteiger partial charge in [-0.25, -0.2) is 14.2 Å². The second-order valence-corrected chi connectivity index (χ2v) is 11.8. The SMILES string of the molecule is Cc1c(-c2ccc(F)cn2)n(C2CCCC2)c2ccc(C(=O)NC3(c4nc5ccc(C=CC(=O)O)cc5n4C)CC3)cc12. The molecule has 8 nitrogen and oxygen atoms in total. The van der Waals surface area contributed by atoms with Gasteiger partial charge in [0.15, 0.2) is 0 Å². The largest absolute Gasteiger partial charge is 0.478 e. The molecule has 0 bridgehead atoms. The predicted octanol–water partition coefficient (Wildman–Crippen LogP) is 6.67. The molecule has 2 N–H and O–H groups in total. The fourth-order valence-electron chi connectivity index (χ4n) is 6.71. The molecule has 218 valence electrons. The number of fused-ring (bicyclic) bond motifs is 2. The molecule has 0 saturated heterocycles. The van der Waals surface area contributed by atoms with Crippen molar-refractivity contribution in [2.45, 2.75) is 57.0 Å². The first-order chi connectivity index (χ1) is 20.7. The van der Waals surface area contributed by atoms with Crippen LogP contribution in [0.2, 0.25) is 0 Å². The van der Waals surface area contributed by atoms with Gasteiger partial charge in [-0.15, -0.1) is 0 Å². The van der Waals surface area contributed by atoms with Crippen molar-refractivity contribution in [3.63, 3.8) is 0 Å². The molecule has 3 heterocycles. The monoisotopic (exact) mass is 577 g/mol. The number of pyridine rings is 1. The molecule has 43 heavy (non-hydrogen) atoms. The van der Waals surface area contributed by atoms with Crippen molar-refractivity contribution in [1.82, 2.24) is 24.4 Å². The molecule has 2 saturated carbocycles. The Hall–Kier alpha value is -4.79. The number of hydrogen-bond donors (Lipinski definition) is 2. The van der Waals surface area contributed by atoms with E-state index in [-0.39, 0.29) is 11.7 Å². The summed E-state index contributed by atoms with van der Waals surface area (Å²) in [4.78, 5) is 34.0. The number of benzene rings is 2. The third kappa shape index (κ3) is 4.69. The van der Waals surface area contributed by atoms with Crippen LogP contribution >= 0.6 is 0 Å². The lowest BCUT2D eigenvalue weighted by molar-refractivity contribution is -0.131. The van der Waals surface area contributed by atoms with E-state index >= 15 is 0 Å². The van der Waals surface area contributed by atoms with E-state index in [9.17, 15) is 14.0 Å². The van der Waals surface area contributed by atoms with Gasteiger partial charge in [-0.1, -0.05) is 18.9 Å². The number of aliphatic carboxylic acids is 1. The smallest absolute Gasteiger partial charge is 0.328 e. The Bertz CT molecular complexity index is 1940. The van der Waals surface area contributed by atoms with Crippen LogP contribution in [0.3, 0.4) is 0 Å². The number of aryl methyl sites for hydroxylation is 2. The number of carbonyl (C=O) groups is 2. The Morgan fingerprint density at radius 3 is 2.56 bits per heavy atom. The predicted molar refractivity (Wildman–Crippen MR) is 163 cm³/mol. The van der Waals surface area contributed by atoms with Gasteiger partial charge < -0.3 is 19.6 Å². The van der Waals surface area contributed by atoms with Gasteiger partial charge in [-0.05, 0) is 92.3 Å². The topological polar surface area (TPSA) is 102 Å². The molecule has 2 aromatic carbocycles. The molecule has 0 atom stereocenters. The number of amides is 1. The molecular weight excluding hydrogens is 545 g/mol. The van der Waals surface area contributed by atoms with Crippen LogP contribution in [0, 0.1) is 12.7 Å². The first kappa shape index (κ1) is 27.1. The first-order valence-electron chi connectivity index (χ1n) is 14.7. The summed E-state index contributed by atoms with van der Waals surface area (Å²) in [6.07, 6.45) is 9.99. The molecule has 2 fully saturated rings. The maximum atomic E-state index is 13.7. The number of nitrogens with zero attached hydrogens (tertiary/aromatic N) is 4. The molecule has 2 aliphatic carbocycles. The van der Waals surface area contributed by atoms with Crippen molar-refractivity contribution >= 4 is 39.9 Å². The summed E-state index contributed by atoms with van der Waals surface area (Å²) in [5, 5.41) is 13.3. The molecule has 3 aromatic heterocycles.